The molecule has 0 aliphatic carbocycles. The van der Waals surface area contributed by atoms with Crippen LogP contribution in [0.25, 0.3) is 0 Å². The highest BCUT2D eigenvalue weighted by Crippen LogP contribution is 2.36. The fourth-order valence-corrected chi connectivity index (χ4v) is 2.10. The highest BCUT2D eigenvalue weighted by atomic mass is 15.0. The minimum Gasteiger partial charge on any atom is -0.379 e. The monoisotopic (exact) mass is 175 g/mol. The Morgan fingerprint density at radius 3 is 2.38 bits per heavy atom. The molecule has 0 unspecified atom stereocenters. The van der Waals surface area contributed by atoms with Crippen LogP contribution in [0.15, 0.2) is 12.1 Å². The molecule has 1 aromatic rings. The Hall–Kier alpha value is -0.980. The highest BCUT2D eigenvalue weighted by molar-refractivity contribution is 5.65. The van der Waals surface area contributed by atoms with Crippen LogP contribution in [0.5, 0.6) is 0 Å². The second kappa shape index (κ2) is 2.50. The molecular weight excluding hydrogens is 158 g/mol. The Labute approximate surface area is 80.2 Å². The van der Waals surface area contributed by atoms with E-state index >= 15 is 0 Å². The molecule has 0 bridgehead atoms. The van der Waals surface area contributed by atoms with Crippen molar-refractivity contribution in [1.82, 2.24) is 0 Å². The average Bonchev–Trinajstić information content (AvgIpc) is 2.35. The van der Waals surface area contributed by atoms with Gasteiger partial charge >= 0.3 is 0 Å². The molecule has 70 valence electrons. The topological polar surface area (TPSA) is 12.0 Å². The Morgan fingerprint density at radius 2 is 1.77 bits per heavy atom. The van der Waals surface area contributed by atoms with Crippen molar-refractivity contribution in [3.05, 3.63) is 28.8 Å². The highest BCUT2D eigenvalue weighted by Gasteiger charge is 2.29. The maximum atomic E-state index is 3.58. The SMILES string of the molecule is Cc1ccc(C)c2c1CC(C)(C)N2. The minimum absolute atomic E-state index is 0.235. The molecule has 0 radical (unpaired) electrons. The van der Waals surface area contributed by atoms with Crippen LogP contribution >= 0.6 is 0 Å². The van der Waals surface area contributed by atoms with E-state index < -0.39 is 0 Å². The third-order valence-electron chi connectivity index (χ3n) is 2.84. The molecule has 1 N–H and O–H groups in total. The Morgan fingerprint density at radius 1 is 1.15 bits per heavy atom. The van der Waals surface area contributed by atoms with E-state index in [1.54, 1.807) is 0 Å². The molecule has 0 saturated carbocycles. The van der Waals surface area contributed by atoms with Gasteiger partial charge in [-0.15, -0.1) is 0 Å². The summed E-state index contributed by atoms with van der Waals surface area (Å²) in [7, 11) is 0. The first kappa shape index (κ1) is 8.61. The molecule has 0 spiro atoms. The zero-order chi connectivity index (χ0) is 9.64. The van der Waals surface area contributed by atoms with E-state index in [9.17, 15) is 0 Å². The fraction of sp³-hybridized carbons (Fsp3) is 0.500. The number of hydrogen-bond acceptors (Lipinski definition) is 1. The first-order valence-corrected chi connectivity index (χ1v) is 4.87. The first-order valence-electron chi connectivity index (χ1n) is 4.87. The van der Waals surface area contributed by atoms with E-state index in [4.69, 9.17) is 0 Å². The lowest BCUT2D eigenvalue weighted by atomic mass is 9.96. The van der Waals surface area contributed by atoms with Gasteiger partial charge in [0.25, 0.3) is 0 Å². The van der Waals surface area contributed by atoms with E-state index in [1.165, 1.54) is 22.4 Å². The van der Waals surface area contributed by atoms with Gasteiger partial charge in [-0.05, 0) is 50.8 Å². The quantitative estimate of drug-likeness (QED) is 0.639. The van der Waals surface area contributed by atoms with Crippen LogP contribution in [0.3, 0.4) is 0 Å². The molecule has 0 amide bonds. The van der Waals surface area contributed by atoms with E-state index in [1.807, 2.05) is 0 Å². The number of anilines is 1. The van der Waals surface area contributed by atoms with Gasteiger partial charge in [-0.3, -0.25) is 0 Å². The van der Waals surface area contributed by atoms with Gasteiger partial charge in [0.15, 0.2) is 0 Å². The predicted molar refractivity (Wildman–Crippen MR) is 57.3 cm³/mol. The lowest BCUT2D eigenvalue weighted by Crippen LogP contribution is -2.27. The van der Waals surface area contributed by atoms with Gasteiger partial charge in [0.2, 0.25) is 0 Å². The molecule has 0 saturated heterocycles. The molecule has 1 aliphatic heterocycles. The van der Waals surface area contributed by atoms with Crippen molar-refractivity contribution in [2.45, 2.75) is 39.7 Å². The van der Waals surface area contributed by atoms with Crippen molar-refractivity contribution in [3.8, 4) is 0 Å². The van der Waals surface area contributed by atoms with E-state index in [0.29, 0.717) is 0 Å². The molecule has 2 rings (SSSR count). The summed E-state index contributed by atoms with van der Waals surface area (Å²) in [4.78, 5) is 0. The maximum absolute atomic E-state index is 3.58. The lowest BCUT2D eigenvalue weighted by Gasteiger charge is -2.18. The lowest BCUT2D eigenvalue weighted by molar-refractivity contribution is 0.593. The summed E-state index contributed by atoms with van der Waals surface area (Å²) < 4.78 is 0. The number of fused-ring (bicyclic) bond motifs is 1. The van der Waals surface area contributed by atoms with Crippen LogP contribution in [0, 0.1) is 13.8 Å². The van der Waals surface area contributed by atoms with E-state index in [0.717, 1.165) is 6.42 Å². The summed E-state index contributed by atoms with van der Waals surface area (Å²) in [5.74, 6) is 0. The van der Waals surface area contributed by atoms with Gasteiger partial charge in [-0.1, -0.05) is 12.1 Å². The number of benzene rings is 1. The maximum Gasteiger partial charge on any atom is 0.0410 e. The van der Waals surface area contributed by atoms with Gasteiger partial charge in [0, 0.05) is 11.2 Å². The Balaban J connectivity index is 2.56. The Bertz CT molecular complexity index is 317. The Kier molecular flexibility index (Phi) is 1.66. The smallest absolute Gasteiger partial charge is 0.0410 e. The molecule has 1 heterocycles. The fourth-order valence-electron chi connectivity index (χ4n) is 2.10. The molecule has 0 atom stereocenters. The van der Waals surface area contributed by atoms with Gasteiger partial charge in [-0.2, -0.15) is 0 Å². The first-order chi connectivity index (χ1) is 5.99. The molecular formula is C12H17N. The molecule has 13 heavy (non-hydrogen) atoms. The average molecular weight is 175 g/mol. The van der Waals surface area contributed by atoms with Crippen LogP contribution < -0.4 is 5.32 Å². The third-order valence-corrected chi connectivity index (χ3v) is 2.84. The normalized spacial score (nSPS) is 18.2. The zero-order valence-electron chi connectivity index (χ0n) is 8.86. The van der Waals surface area contributed by atoms with Gasteiger partial charge in [-0.25, -0.2) is 0 Å². The van der Waals surface area contributed by atoms with E-state index in [-0.39, 0.29) is 5.54 Å². The predicted octanol–water partition coefficient (Wildman–Crippen LogP) is 3.05. The van der Waals surface area contributed by atoms with Crippen LogP contribution in [0.2, 0.25) is 0 Å². The van der Waals surface area contributed by atoms with Crippen molar-refractivity contribution in [2.75, 3.05) is 5.32 Å². The molecule has 0 fully saturated rings. The summed E-state index contributed by atoms with van der Waals surface area (Å²) >= 11 is 0. The van der Waals surface area contributed by atoms with Crippen LogP contribution in [-0.2, 0) is 6.42 Å². The van der Waals surface area contributed by atoms with Gasteiger partial charge < -0.3 is 5.32 Å². The molecule has 1 aliphatic rings. The molecule has 1 heteroatoms. The van der Waals surface area contributed by atoms with E-state index in [2.05, 4.69) is 45.1 Å². The summed E-state index contributed by atoms with van der Waals surface area (Å²) in [6, 6.07) is 4.42. The number of rotatable bonds is 0. The summed E-state index contributed by atoms with van der Waals surface area (Å²) in [5.41, 5.74) is 5.89. The standard InChI is InChI=1S/C12H17N/c1-8-5-6-9(2)11-10(8)7-12(3,4)13-11/h5-6,13H,7H2,1-4H3. The molecule has 1 aromatic carbocycles. The van der Waals surface area contributed by atoms with Crippen molar-refractivity contribution < 1.29 is 0 Å². The van der Waals surface area contributed by atoms with Gasteiger partial charge in [0.1, 0.15) is 0 Å². The third kappa shape index (κ3) is 1.32. The van der Waals surface area contributed by atoms with Crippen LogP contribution in [-0.4, -0.2) is 5.54 Å². The van der Waals surface area contributed by atoms with Crippen molar-refractivity contribution in [1.29, 1.82) is 0 Å². The summed E-state index contributed by atoms with van der Waals surface area (Å²) in [5, 5.41) is 3.58. The molecule has 0 aromatic heterocycles. The largest absolute Gasteiger partial charge is 0.379 e. The van der Waals surface area contributed by atoms with Crippen molar-refractivity contribution >= 4 is 5.69 Å². The minimum atomic E-state index is 0.235. The second-order valence-corrected chi connectivity index (χ2v) is 4.74. The van der Waals surface area contributed by atoms with Crippen LogP contribution in [0.4, 0.5) is 5.69 Å². The summed E-state index contributed by atoms with van der Waals surface area (Å²) in [6.07, 6.45) is 1.15. The van der Waals surface area contributed by atoms with Gasteiger partial charge in [0.05, 0.1) is 0 Å². The molecule has 1 nitrogen and oxygen atoms in total. The summed E-state index contributed by atoms with van der Waals surface area (Å²) in [6.45, 7) is 8.88. The number of nitrogens with one attached hydrogen (secondary N) is 1. The zero-order valence-corrected chi connectivity index (χ0v) is 8.86. The number of aryl methyl sites for hydroxylation is 2. The van der Waals surface area contributed by atoms with Crippen molar-refractivity contribution in [3.63, 3.8) is 0 Å². The van der Waals surface area contributed by atoms with Crippen LogP contribution in [0.1, 0.15) is 30.5 Å². The number of hydrogen-bond donors (Lipinski definition) is 1. The van der Waals surface area contributed by atoms with Crippen molar-refractivity contribution in [2.24, 2.45) is 0 Å². The second-order valence-electron chi connectivity index (χ2n) is 4.74.